The summed E-state index contributed by atoms with van der Waals surface area (Å²) in [5.41, 5.74) is 0. The Labute approximate surface area is 104 Å². The van der Waals surface area contributed by atoms with E-state index in [-0.39, 0.29) is 0 Å². The number of alkyl halides is 1. The molecule has 0 radical (unpaired) electrons. The van der Waals surface area contributed by atoms with Crippen molar-refractivity contribution in [3.8, 4) is 0 Å². The van der Waals surface area contributed by atoms with Gasteiger partial charge >= 0.3 is 0 Å². The van der Waals surface area contributed by atoms with E-state index >= 15 is 0 Å². The van der Waals surface area contributed by atoms with Crippen molar-refractivity contribution in [1.82, 2.24) is 0 Å². The van der Waals surface area contributed by atoms with E-state index in [1.165, 1.54) is 62.2 Å². The van der Waals surface area contributed by atoms with Crippen molar-refractivity contribution in [3.63, 3.8) is 0 Å². The summed E-state index contributed by atoms with van der Waals surface area (Å²) in [6, 6.07) is 0. The Balaban J connectivity index is 3.40. The summed E-state index contributed by atoms with van der Waals surface area (Å²) in [6.45, 7) is 4.61. The smallest absolute Gasteiger partial charge is 0.000463 e. The lowest BCUT2D eigenvalue weighted by molar-refractivity contribution is 0.394. The maximum absolute atomic E-state index is 2.50. The van der Waals surface area contributed by atoms with Crippen molar-refractivity contribution >= 4 is 22.6 Å². The quantitative estimate of drug-likeness (QED) is 0.280. The number of hydrogen-bond donors (Lipinski definition) is 0. The van der Waals surface area contributed by atoms with E-state index in [0.29, 0.717) is 0 Å². The third-order valence-corrected chi connectivity index (χ3v) is 3.67. The molecular weight excluding hydrogens is 283 g/mol. The lowest BCUT2D eigenvalue weighted by atomic mass is 9.92. The van der Waals surface area contributed by atoms with E-state index in [9.17, 15) is 0 Å². The largest absolute Gasteiger partial charge is 0.0864 e. The van der Waals surface area contributed by atoms with Gasteiger partial charge < -0.3 is 0 Å². The minimum absolute atomic E-state index is 1.03. The van der Waals surface area contributed by atoms with E-state index in [2.05, 4.69) is 36.4 Å². The average molecular weight is 310 g/mol. The van der Waals surface area contributed by atoms with Crippen molar-refractivity contribution in [3.05, 3.63) is 0 Å². The van der Waals surface area contributed by atoms with Crippen LogP contribution < -0.4 is 0 Å². The molecule has 0 bridgehead atoms. The lowest BCUT2D eigenvalue weighted by Crippen LogP contribution is -2.00. The zero-order valence-electron chi connectivity index (χ0n) is 10.0. The van der Waals surface area contributed by atoms with E-state index in [1.54, 1.807) is 0 Å². The molecule has 0 spiro atoms. The Hall–Kier alpha value is 0.730. The Morgan fingerprint density at radius 1 is 0.786 bits per heavy atom. The summed E-state index contributed by atoms with van der Waals surface area (Å²) in [4.78, 5) is 0. The summed E-state index contributed by atoms with van der Waals surface area (Å²) >= 11 is 2.50. The molecule has 1 unspecified atom stereocenters. The molecule has 0 heterocycles. The molecule has 0 aromatic carbocycles. The van der Waals surface area contributed by atoms with Crippen LogP contribution in [0.15, 0.2) is 0 Å². The predicted octanol–water partition coefficient (Wildman–Crippen LogP) is 5.59. The molecule has 0 fully saturated rings. The standard InChI is InChI=1S/C13H27I/c1-3-5-6-7-10-13(9-4-2)11-8-12-14/h13H,3-12H2,1-2H3. The van der Waals surface area contributed by atoms with Crippen molar-refractivity contribution in [1.29, 1.82) is 0 Å². The van der Waals surface area contributed by atoms with Gasteiger partial charge in [0.25, 0.3) is 0 Å². The highest BCUT2D eigenvalue weighted by molar-refractivity contribution is 14.1. The molecule has 0 saturated carbocycles. The van der Waals surface area contributed by atoms with Gasteiger partial charge in [-0.05, 0) is 23.2 Å². The fourth-order valence-electron chi connectivity index (χ4n) is 2.07. The van der Waals surface area contributed by atoms with Crippen LogP contribution in [0.5, 0.6) is 0 Å². The second kappa shape index (κ2) is 11.8. The highest BCUT2D eigenvalue weighted by atomic mass is 127. The Kier molecular flexibility index (Phi) is 12.4. The van der Waals surface area contributed by atoms with Gasteiger partial charge in [-0.1, -0.05) is 81.4 Å². The van der Waals surface area contributed by atoms with Gasteiger partial charge in [0.15, 0.2) is 0 Å². The normalized spacial score (nSPS) is 13.1. The first-order chi connectivity index (χ1) is 6.85. The number of unbranched alkanes of at least 4 members (excludes halogenated alkanes) is 3. The molecular formula is C13H27I. The van der Waals surface area contributed by atoms with E-state index in [0.717, 1.165) is 5.92 Å². The van der Waals surface area contributed by atoms with Crippen LogP contribution in [0, 0.1) is 5.92 Å². The summed E-state index contributed by atoms with van der Waals surface area (Å²) in [6.07, 6.45) is 13.0. The maximum atomic E-state index is 2.50. The van der Waals surface area contributed by atoms with Crippen LogP contribution in [0.2, 0.25) is 0 Å². The molecule has 86 valence electrons. The van der Waals surface area contributed by atoms with Crippen molar-refractivity contribution in [2.45, 2.75) is 71.6 Å². The molecule has 0 aliphatic heterocycles. The molecule has 0 rings (SSSR count). The molecule has 0 amide bonds. The van der Waals surface area contributed by atoms with Gasteiger partial charge in [0, 0.05) is 0 Å². The van der Waals surface area contributed by atoms with Gasteiger partial charge in [0.05, 0.1) is 0 Å². The highest BCUT2D eigenvalue weighted by Crippen LogP contribution is 2.21. The van der Waals surface area contributed by atoms with Crippen LogP contribution in [0.25, 0.3) is 0 Å². The first-order valence-electron chi connectivity index (χ1n) is 6.41. The zero-order valence-corrected chi connectivity index (χ0v) is 12.2. The van der Waals surface area contributed by atoms with E-state index in [1.807, 2.05) is 0 Å². The van der Waals surface area contributed by atoms with Crippen molar-refractivity contribution in [2.24, 2.45) is 5.92 Å². The summed E-state index contributed by atoms with van der Waals surface area (Å²) in [7, 11) is 0. The fraction of sp³-hybridized carbons (Fsp3) is 1.00. The summed E-state index contributed by atoms with van der Waals surface area (Å²) in [5, 5.41) is 0. The van der Waals surface area contributed by atoms with Crippen molar-refractivity contribution in [2.75, 3.05) is 4.43 Å². The Morgan fingerprint density at radius 2 is 1.50 bits per heavy atom. The zero-order chi connectivity index (χ0) is 10.6. The van der Waals surface area contributed by atoms with Crippen LogP contribution in [-0.4, -0.2) is 4.43 Å². The van der Waals surface area contributed by atoms with Gasteiger partial charge in [-0.25, -0.2) is 0 Å². The topological polar surface area (TPSA) is 0 Å². The van der Waals surface area contributed by atoms with Gasteiger partial charge in [-0.2, -0.15) is 0 Å². The molecule has 0 aromatic heterocycles. The molecule has 0 aliphatic carbocycles. The second-order valence-corrected chi connectivity index (χ2v) is 5.41. The third-order valence-electron chi connectivity index (χ3n) is 2.91. The minimum atomic E-state index is 1.03. The van der Waals surface area contributed by atoms with Crippen LogP contribution >= 0.6 is 22.6 Å². The fourth-order valence-corrected chi connectivity index (χ4v) is 2.51. The highest BCUT2D eigenvalue weighted by Gasteiger charge is 2.06. The van der Waals surface area contributed by atoms with Crippen LogP contribution in [0.4, 0.5) is 0 Å². The monoisotopic (exact) mass is 310 g/mol. The van der Waals surface area contributed by atoms with Crippen molar-refractivity contribution < 1.29 is 0 Å². The number of rotatable bonds is 10. The Morgan fingerprint density at radius 3 is 2.07 bits per heavy atom. The molecule has 1 atom stereocenters. The first kappa shape index (κ1) is 14.7. The van der Waals surface area contributed by atoms with Gasteiger partial charge in [0.2, 0.25) is 0 Å². The van der Waals surface area contributed by atoms with Gasteiger partial charge in [0.1, 0.15) is 0 Å². The van der Waals surface area contributed by atoms with Gasteiger partial charge in [-0.3, -0.25) is 0 Å². The first-order valence-corrected chi connectivity index (χ1v) is 7.93. The van der Waals surface area contributed by atoms with E-state index in [4.69, 9.17) is 0 Å². The molecule has 0 nitrogen and oxygen atoms in total. The van der Waals surface area contributed by atoms with Crippen LogP contribution in [0.1, 0.15) is 71.6 Å². The van der Waals surface area contributed by atoms with E-state index < -0.39 is 0 Å². The molecule has 0 saturated heterocycles. The molecule has 0 aromatic rings. The predicted molar refractivity (Wildman–Crippen MR) is 75.3 cm³/mol. The molecule has 0 N–H and O–H groups in total. The maximum Gasteiger partial charge on any atom is -0.000463 e. The lowest BCUT2D eigenvalue weighted by Gasteiger charge is -2.15. The van der Waals surface area contributed by atoms with Gasteiger partial charge in [-0.15, -0.1) is 0 Å². The molecule has 0 aliphatic rings. The van der Waals surface area contributed by atoms with Crippen LogP contribution in [-0.2, 0) is 0 Å². The number of hydrogen-bond acceptors (Lipinski definition) is 0. The van der Waals surface area contributed by atoms with Crippen LogP contribution in [0.3, 0.4) is 0 Å². The Bertz CT molecular complexity index is 101. The molecule has 1 heteroatoms. The SMILES string of the molecule is CCCCCCC(CCC)CCCI. The summed E-state index contributed by atoms with van der Waals surface area (Å²) < 4.78 is 1.34. The third kappa shape index (κ3) is 9.29. The summed E-state index contributed by atoms with van der Waals surface area (Å²) in [5.74, 6) is 1.03. The number of halogens is 1. The minimum Gasteiger partial charge on any atom is -0.0864 e. The molecule has 14 heavy (non-hydrogen) atoms. The average Bonchev–Trinajstić information content (AvgIpc) is 2.20. The second-order valence-electron chi connectivity index (χ2n) is 4.34.